The fraction of sp³-hybridized carbons (Fsp3) is 0.360. The molecule has 0 saturated carbocycles. The summed E-state index contributed by atoms with van der Waals surface area (Å²) in [5.41, 5.74) is 5.20. The van der Waals surface area contributed by atoms with Crippen LogP contribution in [0.1, 0.15) is 34.3 Å². The van der Waals surface area contributed by atoms with Crippen molar-refractivity contribution < 1.29 is 19.5 Å². The van der Waals surface area contributed by atoms with Crippen molar-refractivity contribution in [2.45, 2.75) is 38.1 Å². The van der Waals surface area contributed by atoms with Crippen molar-refractivity contribution in [3.63, 3.8) is 0 Å². The van der Waals surface area contributed by atoms with Crippen LogP contribution in [-0.2, 0) is 29.7 Å². The summed E-state index contributed by atoms with van der Waals surface area (Å²) in [6.45, 7) is 2.41. The van der Waals surface area contributed by atoms with Crippen molar-refractivity contribution in [2.24, 2.45) is 7.05 Å². The highest BCUT2D eigenvalue weighted by molar-refractivity contribution is 6.05. The zero-order chi connectivity index (χ0) is 23.6. The van der Waals surface area contributed by atoms with E-state index in [0.29, 0.717) is 31.6 Å². The van der Waals surface area contributed by atoms with Crippen LogP contribution in [0.3, 0.4) is 0 Å². The third-order valence-electron chi connectivity index (χ3n) is 7.07. The lowest BCUT2D eigenvalue weighted by molar-refractivity contribution is -0.136. The van der Waals surface area contributed by atoms with Gasteiger partial charge in [0.2, 0.25) is 11.8 Å². The van der Waals surface area contributed by atoms with Gasteiger partial charge in [-0.25, -0.2) is 4.98 Å². The number of piperidine rings is 1. The molecule has 2 N–H and O–H groups in total. The number of benzene rings is 1. The first-order valence-electron chi connectivity index (χ1n) is 11.5. The van der Waals surface area contributed by atoms with Crippen LogP contribution in [0.25, 0.3) is 22.3 Å². The molecule has 0 spiro atoms. The van der Waals surface area contributed by atoms with Crippen LogP contribution >= 0.6 is 0 Å². The maximum atomic E-state index is 13.0. The third-order valence-corrected chi connectivity index (χ3v) is 7.07. The van der Waals surface area contributed by atoms with Crippen molar-refractivity contribution in [1.82, 2.24) is 24.7 Å². The summed E-state index contributed by atoms with van der Waals surface area (Å²) < 4.78 is 1.99. The number of aliphatic hydroxyl groups excluding tert-OH is 1. The predicted molar refractivity (Wildman–Crippen MR) is 123 cm³/mol. The zero-order valence-corrected chi connectivity index (χ0v) is 18.8. The van der Waals surface area contributed by atoms with Gasteiger partial charge in [-0.1, -0.05) is 6.07 Å². The van der Waals surface area contributed by atoms with E-state index in [0.717, 1.165) is 40.0 Å². The minimum atomic E-state index is -0.627. The lowest BCUT2D eigenvalue weighted by Gasteiger charge is -2.36. The van der Waals surface area contributed by atoms with E-state index >= 15 is 0 Å². The fourth-order valence-electron chi connectivity index (χ4n) is 5.23. The lowest BCUT2D eigenvalue weighted by Crippen LogP contribution is -2.52. The molecule has 5 heterocycles. The Labute approximate surface area is 196 Å². The Kier molecular flexibility index (Phi) is 4.79. The molecule has 1 unspecified atom stereocenters. The number of nitrogens with zero attached hydrogens (tertiary/aromatic N) is 4. The number of imide groups is 1. The average Bonchev–Trinajstić information content (AvgIpc) is 3.32. The summed E-state index contributed by atoms with van der Waals surface area (Å²) >= 11 is 0. The number of aryl methyl sites for hydroxylation is 1. The van der Waals surface area contributed by atoms with Crippen LogP contribution in [0.2, 0.25) is 0 Å². The minimum absolute atomic E-state index is 0.182. The monoisotopic (exact) mass is 459 g/mol. The number of fused-ring (bicyclic) bond motifs is 2. The van der Waals surface area contributed by atoms with Crippen molar-refractivity contribution in [3.05, 3.63) is 53.2 Å². The molecule has 0 bridgehead atoms. The van der Waals surface area contributed by atoms with E-state index in [-0.39, 0.29) is 24.3 Å². The molecular formula is C25H25N5O4. The fourth-order valence-corrected chi connectivity index (χ4v) is 5.23. The number of likely N-dealkylation sites (tertiary alicyclic amines) is 1. The largest absolute Gasteiger partial charge is 0.390 e. The molecule has 3 amide bonds. The van der Waals surface area contributed by atoms with Gasteiger partial charge in [-0.15, -0.1) is 0 Å². The molecule has 9 heteroatoms. The summed E-state index contributed by atoms with van der Waals surface area (Å²) in [5.74, 6) is -0.883. The van der Waals surface area contributed by atoms with Crippen LogP contribution in [0.4, 0.5) is 0 Å². The van der Waals surface area contributed by atoms with Crippen LogP contribution < -0.4 is 5.32 Å². The maximum absolute atomic E-state index is 13.0. The molecule has 1 atom stereocenters. The van der Waals surface area contributed by atoms with E-state index in [1.807, 2.05) is 29.9 Å². The Hall–Kier alpha value is -3.56. The summed E-state index contributed by atoms with van der Waals surface area (Å²) in [4.78, 5) is 45.5. The number of aliphatic hydroxyl groups is 1. The summed E-state index contributed by atoms with van der Waals surface area (Å²) in [6.07, 6.45) is 2.32. The summed E-state index contributed by atoms with van der Waals surface area (Å²) in [6, 6.07) is 9.21. The quantitative estimate of drug-likeness (QED) is 0.568. The van der Waals surface area contributed by atoms with Gasteiger partial charge in [0.25, 0.3) is 5.91 Å². The van der Waals surface area contributed by atoms with Crippen LogP contribution in [-0.4, -0.2) is 67.4 Å². The van der Waals surface area contributed by atoms with Gasteiger partial charge in [-0.05, 0) is 41.8 Å². The van der Waals surface area contributed by atoms with E-state index in [9.17, 15) is 19.5 Å². The Morgan fingerprint density at radius 1 is 1.15 bits per heavy atom. The van der Waals surface area contributed by atoms with E-state index in [1.54, 1.807) is 11.0 Å². The molecule has 2 saturated heterocycles. The van der Waals surface area contributed by atoms with Crippen LogP contribution in [0.5, 0.6) is 0 Å². The highest BCUT2D eigenvalue weighted by Crippen LogP contribution is 2.32. The second kappa shape index (κ2) is 7.75. The first kappa shape index (κ1) is 21.0. The van der Waals surface area contributed by atoms with Crippen molar-refractivity contribution in [2.75, 3.05) is 13.1 Å². The van der Waals surface area contributed by atoms with Gasteiger partial charge >= 0.3 is 0 Å². The second-order valence-corrected chi connectivity index (χ2v) is 9.45. The number of hydrogen-bond donors (Lipinski definition) is 2. The lowest BCUT2D eigenvalue weighted by atomic mass is 10.0. The summed E-state index contributed by atoms with van der Waals surface area (Å²) in [7, 11) is 1.97. The predicted octanol–water partition coefficient (Wildman–Crippen LogP) is 1.18. The highest BCUT2D eigenvalue weighted by atomic mass is 16.3. The Balaban J connectivity index is 1.33. The molecule has 174 valence electrons. The zero-order valence-electron chi connectivity index (χ0n) is 18.8. The van der Waals surface area contributed by atoms with E-state index < -0.39 is 11.9 Å². The number of amides is 3. The van der Waals surface area contributed by atoms with Gasteiger partial charge < -0.3 is 14.6 Å². The normalized spacial score (nSPS) is 21.2. The van der Waals surface area contributed by atoms with Gasteiger partial charge in [0.1, 0.15) is 11.7 Å². The van der Waals surface area contributed by atoms with Gasteiger partial charge in [0.05, 0.1) is 11.8 Å². The van der Waals surface area contributed by atoms with E-state index in [2.05, 4.69) is 22.3 Å². The summed E-state index contributed by atoms with van der Waals surface area (Å²) in [5, 5.41) is 13.1. The van der Waals surface area contributed by atoms with Gasteiger partial charge in [0, 0.05) is 62.4 Å². The van der Waals surface area contributed by atoms with Crippen LogP contribution in [0.15, 0.2) is 36.5 Å². The van der Waals surface area contributed by atoms with Crippen LogP contribution in [0, 0.1) is 0 Å². The average molecular weight is 460 g/mol. The number of carbonyl (C=O) groups excluding carboxylic acids is 3. The number of carbonyl (C=O) groups is 3. The molecule has 6 rings (SSSR count). The molecular weight excluding hydrogens is 434 g/mol. The Morgan fingerprint density at radius 2 is 1.97 bits per heavy atom. The van der Waals surface area contributed by atoms with Crippen molar-refractivity contribution in [3.8, 4) is 11.3 Å². The highest BCUT2D eigenvalue weighted by Gasteiger charge is 2.39. The number of β-amino-alcohol motifs (C(OH)–C–C–N with tert-alkyl or cyclic N) is 1. The van der Waals surface area contributed by atoms with Crippen molar-refractivity contribution >= 4 is 28.8 Å². The van der Waals surface area contributed by atoms with E-state index in [4.69, 9.17) is 4.98 Å². The molecule has 3 aliphatic heterocycles. The SMILES string of the molecule is Cn1ccc2c(CN3CC(O)C3)cc(-c3ccc4c(c3)CN(C3CCC(=O)NC3=O)C4=O)nc21. The molecule has 2 aromatic heterocycles. The number of pyridine rings is 1. The van der Waals surface area contributed by atoms with Gasteiger partial charge in [0.15, 0.2) is 0 Å². The number of aromatic nitrogens is 2. The molecule has 1 aromatic carbocycles. The first-order chi connectivity index (χ1) is 16.4. The molecule has 0 aliphatic carbocycles. The molecule has 9 nitrogen and oxygen atoms in total. The number of nitrogens with one attached hydrogen (secondary N) is 1. The van der Waals surface area contributed by atoms with Gasteiger partial charge in [-0.3, -0.25) is 24.6 Å². The molecule has 2 fully saturated rings. The molecule has 0 radical (unpaired) electrons. The topological polar surface area (TPSA) is 108 Å². The Bertz CT molecular complexity index is 1360. The Morgan fingerprint density at radius 3 is 2.74 bits per heavy atom. The van der Waals surface area contributed by atoms with Gasteiger partial charge in [-0.2, -0.15) is 0 Å². The molecule has 3 aromatic rings. The minimum Gasteiger partial charge on any atom is -0.390 e. The number of rotatable bonds is 4. The number of hydrogen-bond acceptors (Lipinski definition) is 6. The third kappa shape index (κ3) is 3.39. The van der Waals surface area contributed by atoms with Crippen molar-refractivity contribution in [1.29, 1.82) is 0 Å². The standard InChI is InChI=1S/C25H25N5O4/c1-28-7-6-18-16(10-29-12-17(31)13-29)9-20(26-23(18)28)14-2-3-19-15(8-14)11-30(25(19)34)21-4-5-22(32)27-24(21)33/h2-3,6-9,17,21,31H,4-5,10-13H2,1H3,(H,27,32,33). The smallest absolute Gasteiger partial charge is 0.255 e. The maximum Gasteiger partial charge on any atom is 0.255 e. The molecule has 3 aliphatic rings. The first-order valence-corrected chi connectivity index (χ1v) is 11.5. The van der Waals surface area contributed by atoms with E-state index in [1.165, 1.54) is 0 Å². The molecule has 34 heavy (non-hydrogen) atoms. The second-order valence-electron chi connectivity index (χ2n) is 9.45.